The van der Waals surface area contributed by atoms with E-state index in [1.807, 2.05) is 26.1 Å². The normalized spacial score (nSPS) is 16.8. The van der Waals surface area contributed by atoms with E-state index in [1.165, 1.54) is 113 Å². The molecule has 10 nitrogen and oxygen atoms in total. The number of ketones is 1. The van der Waals surface area contributed by atoms with Crippen molar-refractivity contribution in [3.05, 3.63) is 106 Å². The van der Waals surface area contributed by atoms with Crippen molar-refractivity contribution >= 4 is 40.8 Å². The topological polar surface area (TPSA) is 124 Å². The van der Waals surface area contributed by atoms with Crippen LogP contribution in [0.25, 0.3) is 5.57 Å². The van der Waals surface area contributed by atoms with Crippen LogP contribution < -0.4 is 15.5 Å². The molecule has 1 aromatic heterocycles. The summed E-state index contributed by atoms with van der Waals surface area (Å²) in [6, 6.07) is 14.0. The highest BCUT2D eigenvalue weighted by Gasteiger charge is 2.23. The molecule has 4 aliphatic rings. The van der Waals surface area contributed by atoms with E-state index in [0.29, 0.717) is 49.7 Å². The van der Waals surface area contributed by atoms with Crippen LogP contribution in [0.4, 0.5) is 20.2 Å². The van der Waals surface area contributed by atoms with Gasteiger partial charge in [0.1, 0.15) is 42.4 Å². The SMILES string of the molecule is C1CCCC1.CCCC.CCCC(C)CCC(C)C(C)c1cc(F)cc(F)c1.CCCC(CO)CC(C)CC.COC1=C(c2cc(C(=O)CCC/C=C3/Nc4ccc(C)cc4N3C)cc(C)n2)C=[N+](C)CC1.O=C1CCCC(=O)N1. The second kappa shape index (κ2) is 40.0. The van der Waals surface area contributed by atoms with Gasteiger partial charge in [0.2, 0.25) is 11.8 Å². The summed E-state index contributed by atoms with van der Waals surface area (Å²) in [4.78, 5) is 40.5. The Morgan fingerprint density at radius 3 is 1.95 bits per heavy atom. The number of fused-ring (bicyclic) bond motifs is 1. The van der Waals surface area contributed by atoms with Gasteiger partial charge >= 0.3 is 0 Å². The van der Waals surface area contributed by atoms with Gasteiger partial charge in [-0.1, -0.05) is 145 Å². The number of Topliss-reactive ketones (excluding diaryl/α,β-unsaturated/α-hetero) is 1. The van der Waals surface area contributed by atoms with E-state index in [4.69, 9.17) is 9.84 Å². The number of carbonyl (C=O) groups excluding carboxylic acids is 3. The van der Waals surface area contributed by atoms with E-state index in [9.17, 15) is 23.2 Å². The van der Waals surface area contributed by atoms with Gasteiger partial charge in [0.15, 0.2) is 12.0 Å². The number of hydrogen-bond donors (Lipinski definition) is 3. The van der Waals surface area contributed by atoms with Crippen molar-refractivity contribution in [3.8, 4) is 0 Å². The first-order valence-corrected chi connectivity index (χ1v) is 30.8. The minimum absolute atomic E-state index is 0.138. The molecule has 3 aliphatic heterocycles. The minimum atomic E-state index is -0.478. The second-order valence-corrected chi connectivity index (χ2v) is 23.0. The number of methoxy groups -OCH3 is 1. The number of hydrogen-bond acceptors (Lipinski definition) is 8. The predicted octanol–water partition coefficient (Wildman–Crippen LogP) is 17.3. The fourth-order valence-electron chi connectivity index (χ4n) is 9.97. The number of benzene rings is 2. The van der Waals surface area contributed by atoms with Crippen LogP contribution in [0.5, 0.6) is 0 Å². The number of piperidine rings is 1. The number of halogens is 2. The zero-order valence-electron chi connectivity index (χ0n) is 52.3. The first kappa shape index (κ1) is 70.9. The maximum atomic E-state index is 13.2. The van der Waals surface area contributed by atoms with E-state index in [2.05, 4.69) is 132 Å². The molecule has 3 aromatic rings. The summed E-state index contributed by atoms with van der Waals surface area (Å²) >= 11 is 0. The summed E-state index contributed by atoms with van der Waals surface area (Å²) in [5, 5.41) is 14.7. The Hall–Kier alpha value is -5.23. The molecule has 2 aromatic carbocycles. The Bertz CT molecular complexity index is 2350. The lowest BCUT2D eigenvalue weighted by molar-refractivity contribution is -0.492. The highest BCUT2D eigenvalue weighted by Crippen LogP contribution is 2.36. The van der Waals surface area contributed by atoms with Gasteiger partial charge in [-0.25, -0.2) is 13.4 Å². The minimum Gasteiger partial charge on any atom is -0.500 e. The molecule has 5 atom stereocenters. The fourth-order valence-corrected chi connectivity index (χ4v) is 9.97. The number of carbonyl (C=O) groups is 3. The molecule has 448 valence electrons. The molecule has 1 saturated carbocycles. The van der Waals surface area contributed by atoms with Crippen molar-refractivity contribution in [2.24, 2.45) is 23.7 Å². The number of aromatic nitrogens is 1. The van der Waals surface area contributed by atoms with Crippen LogP contribution in [0.1, 0.15) is 242 Å². The Balaban J connectivity index is 0.000000389. The number of ether oxygens (including phenoxy) is 1. The maximum Gasteiger partial charge on any atom is 0.226 e. The van der Waals surface area contributed by atoms with E-state index < -0.39 is 11.6 Å². The summed E-state index contributed by atoms with van der Waals surface area (Å²) < 4.78 is 34.2. The lowest BCUT2D eigenvalue weighted by Gasteiger charge is -2.22. The largest absolute Gasteiger partial charge is 0.500 e. The molecule has 12 heteroatoms. The van der Waals surface area contributed by atoms with Crippen LogP contribution in [-0.2, 0) is 14.3 Å². The van der Waals surface area contributed by atoms with Crippen LogP contribution in [0, 0.1) is 49.2 Å². The first-order chi connectivity index (χ1) is 38.2. The van der Waals surface area contributed by atoms with E-state index in [0.717, 1.165) is 89.9 Å². The molecule has 0 bridgehead atoms. The zero-order chi connectivity index (χ0) is 59.6. The lowest BCUT2D eigenvalue weighted by atomic mass is 9.83. The van der Waals surface area contributed by atoms with Crippen molar-refractivity contribution < 1.29 is 37.6 Å². The number of nitrogens with one attached hydrogen (secondary N) is 2. The molecule has 1 aliphatic carbocycles. The number of imide groups is 1. The standard InChI is InChI=1S/C27H33N4O2.C17H26F2.C10H22O.C5H7NO2.C5H10.C4H10/c1-18-10-11-22-24(14-18)31(4)27(29-22)9-7-6-8-25(32)20-15-19(2)28-23(16-20)21-17-30(3)13-12-26(21)33-5;1-5-6-12(2)7-8-13(3)14(4)15-9-16(18)11-17(19)10-15;1-4-6-10(8-11)7-9(3)5-2;7-4-2-1-3-5(8)6-4;1-2-4-5-3-1;1-3-4-2/h9-11,14-17,29H,6-8,12-13H2,1-5H3;9-14H,5-8H2,1-4H3;9-11H,4-8H2,1-3H3;1-3H2,(H,6,7,8);1-5H2;3-4H2,1-2H3/q+1;;;;;/b27-9-;;;;;. The molecule has 7 rings (SSSR count). The van der Waals surface area contributed by atoms with Gasteiger partial charge in [0.05, 0.1) is 30.6 Å². The highest BCUT2D eigenvalue weighted by atomic mass is 19.1. The number of amides is 2. The Kier molecular flexibility index (Phi) is 35.5. The zero-order valence-corrected chi connectivity index (χ0v) is 52.3. The van der Waals surface area contributed by atoms with Gasteiger partial charge in [0.25, 0.3) is 0 Å². The molecule has 80 heavy (non-hydrogen) atoms. The second-order valence-electron chi connectivity index (χ2n) is 23.0. The molecule has 0 spiro atoms. The van der Waals surface area contributed by atoms with Crippen molar-refractivity contribution in [1.82, 2.24) is 10.3 Å². The van der Waals surface area contributed by atoms with Gasteiger partial charge in [-0.3, -0.25) is 24.7 Å². The third-order valence-electron chi connectivity index (χ3n) is 15.6. The van der Waals surface area contributed by atoms with Crippen LogP contribution in [0.2, 0.25) is 0 Å². The Labute approximate surface area is 484 Å². The third kappa shape index (κ3) is 27.5. The summed E-state index contributed by atoms with van der Waals surface area (Å²) in [6.07, 6.45) is 28.6. The van der Waals surface area contributed by atoms with E-state index in [1.54, 1.807) is 7.11 Å². The summed E-state index contributed by atoms with van der Waals surface area (Å²) in [5.41, 5.74) is 7.64. The smallest absolute Gasteiger partial charge is 0.226 e. The average molecular weight is 1110 g/mol. The van der Waals surface area contributed by atoms with Crippen molar-refractivity contribution in [1.29, 1.82) is 0 Å². The van der Waals surface area contributed by atoms with Gasteiger partial charge in [-0.05, 0) is 136 Å². The number of unbranched alkanes of at least 4 members (excludes halogenated alkanes) is 2. The molecule has 2 fully saturated rings. The maximum absolute atomic E-state index is 13.2. The average Bonchev–Trinajstić information content (AvgIpc) is 4.14. The van der Waals surface area contributed by atoms with Crippen LogP contribution in [0.15, 0.2) is 66.2 Å². The summed E-state index contributed by atoms with van der Waals surface area (Å²) in [5.74, 6) is 3.61. The van der Waals surface area contributed by atoms with Crippen LogP contribution >= 0.6 is 0 Å². The fraction of sp³-hybridized carbons (Fsp3) is 0.632. The van der Waals surface area contributed by atoms with Crippen molar-refractivity contribution in [2.75, 3.05) is 44.6 Å². The van der Waals surface area contributed by atoms with Crippen molar-refractivity contribution in [3.63, 3.8) is 0 Å². The number of pyridine rings is 1. The first-order valence-electron chi connectivity index (χ1n) is 30.8. The van der Waals surface area contributed by atoms with Crippen LogP contribution in [-0.4, -0.2) is 72.8 Å². The number of anilines is 2. The molecular weight excluding hydrogens is 1000 g/mol. The number of rotatable bonds is 21. The predicted molar refractivity (Wildman–Crippen MR) is 332 cm³/mol. The Morgan fingerprint density at radius 2 is 1.41 bits per heavy atom. The van der Waals surface area contributed by atoms with E-state index in [-0.39, 0.29) is 23.5 Å². The van der Waals surface area contributed by atoms with Gasteiger partial charge in [-0.15, -0.1) is 0 Å². The van der Waals surface area contributed by atoms with Gasteiger partial charge < -0.3 is 20.1 Å². The van der Waals surface area contributed by atoms with Crippen molar-refractivity contribution in [2.45, 2.75) is 223 Å². The molecule has 3 N–H and O–H groups in total. The van der Waals surface area contributed by atoms with E-state index >= 15 is 0 Å². The number of aliphatic hydroxyl groups is 1. The van der Waals surface area contributed by atoms with Crippen LogP contribution in [0.3, 0.4) is 0 Å². The molecule has 4 heterocycles. The number of aliphatic hydroxyl groups excluding tert-OH is 1. The molecule has 2 amide bonds. The van der Waals surface area contributed by atoms with Gasteiger partial charge in [-0.2, -0.15) is 0 Å². The number of aryl methyl sites for hydroxylation is 2. The highest BCUT2D eigenvalue weighted by molar-refractivity contribution is 6.09. The number of nitrogens with zero attached hydrogens (tertiary/aromatic N) is 3. The molecule has 1 saturated heterocycles. The molecular formula is C68H108F2N5O5+. The lowest BCUT2D eigenvalue weighted by Crippen LogP contribution is -2.33. The molecule has 0 radical (unpaired) electrons. The quantitative estimate of drug-likeness (QED) is 0.0417. The summed E-state index contributed by atoms with van der Waals surface area (Å²) in [6.45, 7) is 25.1. The Morgan fingerprint density at radius 1 is 0.787 bits per heavy atom. The monoisotopic (exact) mass is 1110 g/mol. The van der Waals surface area contributed by atoms with Gasteiger partial charge in [0, 0.05) is 50.2 Å². The summed E-state index contributed by atoms with van der Waals surface area (Å²) in [7, 11) is 5.81. The number of allylic oxidation sites excluding steroid dienone is 2. The molecule has 5 unspecified atom stereocenters. The third-order valence-corrected chi connectivity index (χ3v) is 15.6.